The summed E-state index contributed by atoms with van der Waals surface area (Å²) in [5, 5.41) is 4.96. The lowest BCUT2D eigenvalue weighted by Gasteiger charge is -2.14. The van der Waals surface area contributed by atoms with Crippen molar-refractivity contribution in [2.24, 2.45) is 18.2 Å². The van der Waals surface area contributed by atoms with Gasteiger partial charge in [0.05, 0.1) is 11.2 Å². The largest absolute Gasteiger partial charge is 0.321 e. The van der Waals surface area contributed by atoms with Crippen molar-refractivity contribution in [1.82, 2.24) is 9.78 Å². The molecule has 1 aromatic rings. The zero-order valence-electron chi connectivity index (χ0n) is 9.06. The lowest BCUT2D eigenvalue weighted by atomic mass is 9.98. The van der Waals surface area contributed by atoms with Crippen LogP contribution in [-0.4, -0.2) is 9.78 Å². The molecule has 0 bridgehead atoms. The number of halogens is 1. The molecule has 1 aliphatic rings. The Hall–Kier alpha value is -0.540. The van der Waals surface area contributed by atoms with Crippen LogP contribution in [0, 0.1) is 12.3 Å². The van der Waals surface area contributed by atoms with Gasteiger partial charge in [0.25, 0.3) is 0 Å². The number of hydrogen-bond acceptors (Lipinski definition) is 2. The van der Waals surface area contributed by atoms with Crippen molar-refractivity contribution in [2.75, 3.05) is 0 Å². The molecule has 78 valence electrons. The second-order valence-corrected chi connectivity index (χ2v) is 5.26. The first-order valence-corrected chi connectivity index (χ1v) is 5.16. The monoisotopic (exact) mass is 213 g/mol. The second-order valence-electron chi connectivity index (χ2n) is 4.91. The van der Waals surface area contributed by atoms with E-state index in [1.54, 1.807) is 4.68 Å². The van der Waals surface area contributed by atoms with E-state index in [-0.39, 0.29) is 11.0 Å². The number of hydrogen-bond donors (Lipinski definition) is 1. The third kappa shape index (κ3) is 1.06. The Morgan fingerprint density at radius 3 is 2.29 bits per heavy atom. The van der Waals surface area contributed by atoms with Crippen molar-refractivity contribution in [3.05, 3.63) is 16.4 Å². The average Bonchev–Trinajstić information content (AvgIpc) is 2.37. The van der Waals surface area contributed by atoms with Gasteiger partial charge < -0.3 is 5.73 Å². The van der Waals surface area contributed by atoms with Crippen molar-refractivity contribution in [3.8, 4) is 0 Å². The molecule has 0 aromatic carbocycles. The van der Waals surface area contributed by atoms with Crippen molar-refractivity contribution in [1.29, 1.82) is 0 Å². The van der Waals surface area contributed by atoms with Gasteiger partial charge in [0, 0.05) is 12.6 Å². The predicted octanol–water partition coefficient (Wildman–Crippen LogP) is 1.97. The van der Waals surface area contributed by atoms with Gasteiger partial charge in [0.1, 0.15) is 5.15 Å². The first-order chi connectivity index (χ1) is 6.29. The zero-order chi connectivity index (χ0) is 10.7. The summed E-state index contributed by atoms with van der Waals surface area (Å²) >= 11 is 6.19. The summed E-state index contributed by atoms with van der Waals surface area (Å²) < 4.78 is 1.69. The summed E-state index contributed by atoms with van der Waals surface area (Å²) in [5.41, 5.74) is 8.16. The Kier molecular flexibility index (Phi) is 1.80. The van der Waals surface area contributed by atoms with Gasteiger partial charge in [-0.15, -0.1) is 0 Å². The van der Waals surface area contributed by atoms with E-state index in [0.717, 1.165) is 17.7 Å². The first kappa shape index (κ1) is 9.99. The Labute approximate surface area is 89.2 Å². The molecule has 1 aliphatic carbocycles. The van der Waals surface area contributed by atoms with E-state index in [0.29, 0.717) is 5.15 Å². The fraction of sp³-hybridized carbons (Fsp3) is 0.700. The smallest absolute Gasteiger partial charge is 0.132 e. The van der Waals surface area contributed by atoms with Crippen molar-refractivity contribution < 1.29 is 0 Å². The van der Waals surface area contributed by atoms with Crippen LogP contribution in [-0.2, 0) is 12.6 Å². The molecule has 2 N–H and O–H groups in total. The molecule has 0 amide bonds. The Morgan fingerprint density at radius 1 is 1.50 bits per heavy atom. The van der Waals surface area contributed by atoms with Crippen LogP contribution in [0.3, 0.4) is 0 Å². The molecule has 1 fully saturated rings. The fourth-order valence-corrected chi connectivity index (χ4v) is 2.56. The van der Waals surface area contributed by atoms with Gasteiger partial charge >= 0.3 is 0 Å². The summed E-state index contributed by atoms with van der Waals surface area (Å²) in [6, 6.07) is 0. The summed E-state index contributed by atoms with van der Waals surface area (Å²) in [6.07, 6.45) is 0.978. The van der Waals surface area contributed by atoms with Gasteiger partial charge in [-0.25, -0.2) is 0 Å². The summed E-state index contributed by atoms with van der Waals surface area (Å²) in [6.45, 7) is 6.29. The topological polar surface area (TPSA) is 43.8 Å². The molecule has 1 atom stereocenters. The molecule has 1 aromatic heterocycles. The van der Waals surface area contributed by atoms with Crippen molar-refractivity contribution in [3.63, 3.8) is 0 Å². The molecule has 1 unspecified atom stereocenters. The van der Waals surface area contributed by atoms with Crippen molar-refractivity contribution >= 4 is 11.6 Å². The molecular weight excluding hydrogens is 198 g/mol. The molecule has 0 aliphatic heterocycles. The number of rotatable bonds is 1. The van der Waals surface area contributed by atoms with E-state index in [9.17, 15) is 0 Å². The lowest BCUT2D eigenvalue weighted by Crippen LogP contribution is -2.26. The second kappa shape index (κ2) is 2.52. The van der Waals surface area contributed by atoms with E-state index in [4.69, 9.17) is 17.3 Å². The molecule has 2 rings (SSSR count). The van der Waals surface area contributed by atoms with Crippen LogP contribution in [0.5, 0.6) is 0 Å². The van der Waals surface area contributed by atoms with Crippen LogP contribution < -0.4 is 5.73 Å². The molecule has 4 heteroatoms. The van der Waals surface area contributed by atoms with Gasteiger partial charge in [0.2, 0.25) is 0 Å². The molecule has 1 heterocycles. The standard InChI is InChI=1S/C10H16ClN3/c1-6-7(8(11)14(4)13-6)10(12)5-9(10,2)3/h5,12H2,1-4H3. The summed E-state index contributed by atoms with van der Waals surface area (Å²) in [5.74, 6) is 0. The van der Waals surface area contributed by atoms with Crippen LogP contribution in [0.25, 0.3) is 0 Å². The van der Waals surface area contributed by atoms with E-state index in [1.165, 1.54) is 0 Å². The highest BCUT2D eigenvalue weighted by atomic mass is 35.5. The number of aryl methyl sites for hydroxylation is 2. The average molecular weight is 214 g/mol. The third-order valence-corrected chi connectivity index (χ3v) is 3.84. The SMILES string of the molecule is Cc1nn(C)c(Cl)c1C1(N)CC1(C)C. The van der Waals surface area contributed by atoms with E-state index in [2.05, 4.69) is 18.9 Å². The lowest BCUT2D eigenvalue weighted by molar-refractivity contribution is 0.508. The molecule has 0 spiro atoms. The van der Waals surface area contributed by atoms with Gasteiger partial charge in [-0.05, 0) is 18.8 Å². The minimum atomic E-state index is -0.275. The Balaban J connectivity index is 2.54. The quantitative estimate of drug-likeness (QED) is 0.775. The molecule has 0 radical (unpaired) electrons. The summed E-state index contributed by atoms with van der Waals surface area (Å²) in [4.78, 5) is 0. The molecular formula is C10H16ClN3. The van der Waals surface area contributed by atoms with Gasteiger partial charge in [-0.3, -0.25) is 4.68 Å². The third-order valence-electron chi connectivity index (χ3n) is 3.40. The Bertz CT molecular complexity index is 394. The first-order valence-electron chi connectivity index (χ1n) is 4.78. The molecule has 1 saturated carbocycles. The van der Waals surface area contributed by atoms with Crippen LogP contribution in [0.1, 0.15) is 31.5 Å². The maximum atomic E-state index is 6.32. The van der Waals surface area contributed by atoms with E-state index >= 15 is 0 Å². The van der Waals surface area contributed by atoms with E-state index < -0.39 is 0 Å². The van der Waals surface area contributed by atoms with E-state index in [1.807, 2.05) is 14.0 Å². The maximum absolute atomic E-state index is 6.32. The zero-order valence-corrected chi connectivity index (χ0v) is 9.81. The molecule has 0 saturated heterocycles. The molecule has 14 heavy (non-hydrogen) atoms. The van der Waals surface area contributed by atoms with Gasteiger partial charge in [-0.1, -0.05) is 25.4 Å². The fourth-order valence-electron chi connectivity index (χ4n) is 2.22. The minimum Gasteiger partial charge on any atom is -0.321 e. The highest BCUT2D eigenvalue weighted by Gasteiger charge is 2.61. The minimum absolute atomic E-state index is 0.143. The van der Waals surface area contributed by atoms with Gasteiger partial charge in [0.15, 0.2) is 0 Å². The summed E-state index contributed by atoms with van der Waals surface area (Å²) in [7, 11) is 1.84. The number of nitrogens with zero attached hydrogens (tertiary/aromatic N) is 2. The van der Waals surface area contributed by atoms with Gasteiger partial charge in [-0.2, -0.15) is 5.10 Å². The normalized spacial score (nSPS) is 29.3. The van der Waals surface area contributed by atoms with Crippen LogP contribution in [0.2, 0.25) is 5.15 Å². The number of aromatic nitrogens is 2. The van der Waals surface area contributed by atoms with Crippen LogP contribution in [0.4, 0.5) is 0 Å². The maximum Gasteiger partial charge on any atom is 0.132 e. The number of nitrogens with two attached hydrogens (primary N) is 1. The Morgan fingerprint density at radius 2 is 2.00 bits per heavy atom. The highest BCUT2D eigenvalue weighted by molar-refractivity contribution is 6.30. The molecule has 3 nitrogen and oxygen atoms in total. The predicted molar refractivity (Wildman–Crippen MR) is 57.2 cm³/mol. The highest BCUT2D eigenvalue weighted by Crippen LogP contribution is 2.62. The van der Waals surface area contributed by atoms with Crippen LogP contribution >= 0.6 is 11.6 Å². The van der Waals surface area contributed by atoms with Crippen LogP contribution in [0.15, 0.2) is 0 Å². The van der Waals surface area contributed by atoms with Crippen molar-refractivity contribution in [2.45, 2.75) is 32.7 Å².